The Morgan fingerprint density at radius 3 is 2.74 bits per heavy atom. The highest BCUT2D eigenvalue weighted by atomic mass is 16.5. The van der Waals surface area contributed by atoms with Gasteiger partial charge in [-0.2, -0.15) is 0 Å². The van der Waals surface area contributed by atoms with E-state index in [0.717, 1.165) is 61.3 Å². The number of hydrogen-bond donors (Lipinski definition) is 1. The molecule has 1 aliphatic heterocycles. The Hall–Kier alpha value is -2.78. The van der Waals surface area contributed by atoms with Gasteiger partial charge in [0.15, 0.2) is 5.82 Å². The molecule has 5 rings (SSSR count). The van der Waals surface area contributed by atoms with Gasteiger partial charge in [0.25, 0.3) is 5.56 Å². The van der Waals surface area contributed by atoms with Crippen LogP contribution in [-0.4, -0.2) is 56.5 Å². The van der Waals surface area contributed by atoms with Crippen LogP contribution in [0.25, 0.3) is 10.9 Å². The van der Waals surface area contributed by atoms with Crippen LogP contribution in [0.3, 0.4) is 0 Å². The van der Waals surface area contributed by atoms with Gasteiger partial charge in [0.05, 0.1) is 25.3 Å². The molecule has 1 saturated heterocycles. The van der Waals surface area contributed by atoms with E-state index >= 15 is 0 Å². The van der Waals surface area contributed by atoms with Gasteiger partial charge in [-0.1, -0.05) is 26.7 Å². The third-order valence-corrected chi connectivity index (χ3v) is 7.44. The van der Waals surface area contributed by atoms with Crippen molar-refractivity contribution in [2.24, 2.45) is 5.92 Å². The SMILES string of the molecule is COc1ccc2[nH]c(=O)c(CN(C[C@@H]3CCCO3)[C@H](c3nnnn3C3CCCC3)C(C)C)cc2c1. The minimum absolute atomic E-state index is 0.0322. The molecule has 2 aliphatic rings. The molecule has 9 nitrogen and oxygen atoms in total. The molecule has 1 saturated carbocycles. The summed E-state index contributed by atoms with van der Waals surface area (Å²) in [4.78, 5) is 18.5. The lowest BCUT2D eigenvalue weighted by molar-refractivity contribution is 0.0379. The van der Waals surface area contributed by atoms with Gasteiger partial charge in [-0.15, -0.1) is 5.10 Å². The van der Waals surface area contributed by atoms with Gasteiger partial charge in [-0.3, -0.25) is 9.69 Å². The van der Waals surface area contributed by atoms with Gasteiger partial charge < -0.3 is 14.5 Å². The molecule has 0 amide bonds. The smallest absolute Gasteiger partial charge is 0.252 e. The zero-order chi connectivity index (χ0) is 24.4. The molecule has 1 aromatic carbocycles. The summed E-state index contributed by atoms with van der Waals surface area (Å²) in [5, 5.41) is 14.0. The highest BCUT2D eigenvalue weighted by Crippen LogP contribution is 2.35. The van der Waals surface area contributed by atoms with E-state index < -0.39 is 0 Å². The van der Waals surface area contributed by atoms with E-state index in [4.69, 9.17) is 9.47 Å². The number of aromatic nitrogens is 5. The monoisotopic (exact) mass is 480 g/mol. The second-order valence-corrected chi connectivity index (χ2v) is 10.3. The Bertz CT molecular complexity index is 1190. The van der Waals surface area contributed by atoms with Crippen LogP contribution in [-0.2, 0) is 11.3 Å². The summed E-state index contributed by atoms with van der Waals surface area (Å²) >= 11 is 0. The van der Waals surface area contributed by atoms with Crippen molar-refractivity contribution in [1.29, 1.82) is 0 Å². The van der Waals surface area contributed by atoms with E-state index in [-0.39, 0.29) is 23.6 Å². The fourth-order valence-electron chi connectivity index (χ4n) is 5.71. The molecule has 9 heteroatoms. The second kappa shape index (κ2) is 10.5. The van der Waals surface area contributed by atoms with Crippen LogP contribution >= 0.6 is 0 Å². The maximum absolute atomic E-state index is 13.1. The summed E-state index contributed by atoms with van der Waals surface area (Å²) in [5.41, 5.74) is 1.45. The summed E-state index contributed by atoms with van der Waals surface area (Å²) in [7, 11) is 1.65. The Morgan fingerprint density at radius 2 is 2.03 bits per heavy atom. The average Bonchev–Trinajstić information content (AvgIpc) is 3.62. The first kappa shape index (κ1) is 23.9. The highest BCUT2D eigenvalue weighted by molar-refractivity contribution is 5.80. The van der Waals surface area contributed by atoms with Crippen LogP contribution in [0.4, 0.5) is 0 Å². The first-order valence-electron chi connectivity index (χ1n) is 12.9. The fourth-order valence-corrected chi connectivity index (χ4v) is 5.71. The molecule has 0 radical (unpaired) electrons. The zero-order valence-electron chi connectivity index (χ0n) is 20.9. The predicted octanol–water partition coefficient (Wildman–Crippen LogP) is 4.02. The lowest BCUT2D eigenvalue weighted by Gasteiger charge is -2.35. The topological polar surface area (TPSA) is 98.2 Å². The predicted molar refractivity (Wildman–Crippen MR) is 133 cm³/mol. The van der Waals surface area contributed by atoms with Gasteiger partial charge >= 0.3 is 0 Å². The number of tetrazole rings is 1. The molecule has 0 spiro atoms. The van der Waals surface area contributed by atoms with Gasteiger partial charge in [-0.05, 0) is 66.3 Å². The Kier molecular flexibility index (Phi) is 7.15. The van der Waals surface area contributed by atoms with Crippen molar-refractivity contribution in [1.82, 2.24) is 30.1 Å². The van der Waals surface area contributed by atoms with Crippen LogP contribution in [0.1, 0.15) is 75.8 Å². The Labute approximate surface area is 205 Å². The van der Waals surface area contributed by atoms with Crippen LogP contribution in [0.2, 0.25) is 0 Å². The summed E-state index contributed by atoms with van der Waals surface area (Å²) in [6.07, 6.45) is 6.90. The van der Waals surface area contributed by atoms with Crippen LogP contribution in [0.5, 0.6) is 5.75 Å². The van der Waals surface area contributed by atoms with Crippen molar-refractivity contribution < 1.29 is 9.47 Å². The molecule has 0 unspecified atom stereocenters. The number of hydrogen-bond acceptors (Lipinski definition) is 7. The third-order valence-electron chi connectivity index (χ3n) is 7.44. The number of benzene rings is 1. The summed E-state index contributed by atoms with van der Waals surface area (Å²) < 4.78 is 13.5. The molecule has 188 valence electrons. The largest absolute Gasteiger partial charge is 0.497 e. The number of nitrogens with one attached hydrogen (secondary N) is 1. The molecule has 0 bridgehead atoms. The molecule has 2 fully saturated rings. The van der Waals surface area contributed by atoms with Gasteiger partial charge in [0, 0.05) is 36.2 Å². The number of ether oxygens (including phenoxy) is 2. The molecule has 1 N–H and O–H groups in total. The Morgan fingerprint density at radius 1 is 1.20 bits per heavy atom. The zero-order valence-corrected chi connectivity index (χ0v) is 20.9. The van der Waals surface area contributed by atoms with E-state index in [2.05, 4.69) is 43.9 Å². The minimum Gasteiger partial charge on any atom is -0.497 e. The van der Waals surface area contributed by atoms with Crippen molar-refractivity contribution in [2.75, 3.05) is 20.3 Å². The lowest BCUT2D eigenvalue weighted by atomic mass is 9.99. The van der Waals surface area contributed by atoms with E-state index in [1.54, 1.807) is 7.11 Å². The van der Waals surface area contributed by atoms with Crippen LogP contribution < -0.4 is 10.3 Å². The van der Waals surface area contributed by atoms with E-state index in [9.17, 15) is 4.79 Å². The molecular weight excluding hydrogens is 444 g/mol. The molecule has 35 heavy (non-hydrogen) atoms. The molecule has 3 aromatic rings. The van der Waals surface area contributed by atoms with E-state index in [0.29, 0.717) is 18.2 Å². The minimum atomic E-state index is -0.0714. The maximum atomic E-state index is 13.1. The number of nitrogens with zero attached hydrogens (tertiary/aromatic N) is 5. The van der Waals surface area contributed by atoms with Crippen LogP contribution in [0, 0.1) is 5.92 Å². The summed E-state index contributed by atoms with van der Waals surface area (Å²) in [6.45, 7) is 6.42. The molecule has 3 heterocycles. The lowest BCUT2D eigenvalue weighted by Crippen LogP contribution is -2.40. The van der Waals surface area contributed by atoms with Gasteiger partial charge in [0.1, 0.15) is 5.75 Å². The average molecular weight is 481 g/mol. The number of methoxy groups -OCH3 is 1. The van der Waals surface area contributed by atoms with Gasteiger partial charge in [0.2, 0.25) is 0 Å². The first-order chi connectivity index (χ1) is 17.0. The van der Waals surface area contributed by atoms with Crippen molar-refractivity contribution >= 4 is 10.9 Å². The van der Waals surface area contributed by atoms with Crippen molar-refractivity contribution in [2.45, 2.75) is 77.1 Å². The van der Waals surface area contributed by atoms with Crippen molar-refractivity contribution in [3.63, 3.8) is 0 Å². The second-order valence-electron chi connectivity index (χ2n) is 10.3. The standard InChI is InChI=1S/C26H36N6O3/c1-17(2)24(25-28-29-30-32(25)20-7-4-5-8-20)31(16-22-9-6-12-35-22)15-19-13-18-14-21(34-3)10-11-23(18)27-26(19)33/h10-11,13-14,17,20,22,24H,4-9,12,15-16H2,1-3H3,(H,27,33)/t22-,24-/m0/s1. The first-order valence-corrected chi connectivity index (χ1v) is 12.9. The summed E-state index contributed by atoms with van der Waals surface area (Å²) in [5.74, 6) is 1.91. The quantitative estimate of drug-likeness (QED) is 0.494. The fraction of sp³-hybridized carbons (Fsp3) is 0.615. The molecular formula is C26H36N6O3. The molecule has 2 atom stereocenters. The van der Waals surface area contributed by atoms with Crippen LogP contribution in [0.15, 0.2) is 29.1 Å². The maximum Gasteiger partial charge on any atom is 0.252 e. The molecule has 2 aromatic heterocycles. The van der Waals surface area contributed by atoms with E-state index in [1.807, 2.05) is 24.3 Å². The van der Waals surface area contributed by atoms with E-state index in [1.165, 1.54) is 12.8 Å². The van der Waals surface area contributed by atoms with Gasteiger partial charge in [-0.25, -0.2) is 4.68 Å². The number of pyridine rings is 1. The highest BCUT2D eigenvalue weighted by Gasteiger charge is 2.34. The summed E-state index contributed by atoms with van der Waals surface area (Å²) in [6, 6.07) is 8.00. The third kappa shape index (κ3) is 5.11. The normalized spacial score (nSPS) is 19.9. The van der Waals surface area contributed by atoms with Crippen molar-refractivity contribution in [3.05, 3.63) is 46.0 Å². The number of H-pyrrole nitrogens is 1. The number of rotatable bonds is 9. The number of aromatic amines is 1. The Balaban J connectivity index is 1.52. The number of fused-ring (bicyclic) bond motifs is 1. The molecule has 1 aliphatic carbocycles. The van der Waals surface area contributed by atoms with Crippen molar-refractivity contribution in [3.8, 4) is 5.75 Å².